The minimum atomic E-state index is -1.16. The van der Waals surface area contributed by atoms with E-state index in [2.05, 4.69) is 11.9 Å². The van der Waals surface area contributed by atoms with Gasteiger partial charge in [-0.1, -0.05) is 20.3 Å². The minimum absolute atomic E-state index is 0.0517. The van der Waals surface area contributed by atoms with E-state index in [0.717, 1.165) is 35.5 Å². The predicted molar refractivity (Wildman–Crippen MR) is 130 cm³/mol. The van der Waals surface area contributed by atoms with Crippen molar-refractivity contribution in [2.24, 2.45) is 17.6 Å². The van der Waals surface area contributed by atoms with Gasteiger partial charge in [0, 0.05) is 30.7 Å². The molecule has 0 bridgehead atoms. The molecule has 3 rings (SSSR count). The first-order valence-corrected chi connectivity index (χ1v) is 13.0. The first-order valence-electron chi connectivity index (χ1n) is 12.1. The molecule has 8 nitrogen and oxygen atoms in total. The van der Waals surface area contributed by atoms with Crippen molar-refractivity contribution in [3.8, 4) is 0 Å². The van der Waals surface area contributed by atoms with Gasteiger partial charge in [-0.2, -0.15) is 0 Å². The van der Waals surface area contributed by atoms with Crippen molar-refractivity contribution in [2.75, 3.05) is 0 Å². The third kappa shape index (κ3) is 6.95. The van der Waals surface area contributed by atoms with E-state index in [-0.39, 0.29) is 36.2 Å². The van der Waals surface area contributed by atoms with Crippen molar-refractivity contribution < 1.29 is 29.3 Å². The fourth-order valence-electron chi connectivity index (χ4n) is 4.66. The third-order valence-corrected chi connectivity index (χ3v) is 8.03. The Hall–Kier alpha value is -1.65. The van der Waals surface area contributed by atoms with Crippen LogP contribution in [-0.2, 0) is 25.6 Å². The Morgan fingerprint density at radius 1 is 1.32 bits per heavy atom. The number of aromatic nitrogens is 1. The summed E-state index contributed by atoms with van der Waals surface area (Å²) in [7, 11) is 0. The molecule has 34 heavy (non-hydrogen) atoms. The van der Waals surface area contributed by atoms with Crippen LogP contribution in [0.5, 0.6) is 0 Å². The van der Waals surface area contributed by atoms with Gasteiger partial charge in [-0.25, -0.2) is 4.98 Å². The van der Waals surface area contributed by atoms with Gasteiger partial charge in [0.05, 0.1) is 36.0 Å². The normalized spacial score (nSPS) is 36.6. The van der Waals surface area contributed by atoms with Crippen LogP contribution in [0.2, 0.25) is 0 Å². The Morgan fingerprint density at radius 2 is 2.06 bits per heavy atom. The maximum atomic E-state index is 12.7. The van der Waals surface area contributed by atoms with Gasteiger partial charge in [0.15, 0.2) is 0 Å². The number of epoxide rings is 1. The smallest absolute Gasteiger partial charge is 0.309 e. The summed E-state index contributed by atoms with van der Waals surface area (Å²) in [5, 5.41) is 23.7. The van der Waals surface area contributed by atoms with E-state index in [1.165, 1.54) is 11.3 Å². The second kappa shape index (κ2) is 11.4. The lowest BCUT2D eigenvalue weighted by molar-refractivity contribution is -0.150. The predicted octanol–water partition coefficient (Wildman–Crippen LogP) is 2.99. The van der Waals surface area contributed by atoms with Crippen LogP contribution in [0.15, 0.2) is 11.0 Å². The number of aliphatic hydroxyl groups excluding tert-OH is 2. The fourth-order valence-corrected chi connectivity index (χ4v) is 5.29. The topological polar surface area (TPSA) is 135 Å². The zero-order valence-corrected chi connectivity index (χ0v) is 21.3. The average Bonchev–Trinajstić information content (AvgIpc) is 3.18. The van der Waals surface area contributed by atoms with Gasteiger partial charge in [0.25, 0.3) is 0 Å². The maximum absolute atomic E-state index is 12.7. The largest absolute Gasteiger partial charge is 0.458 e. The van der Waals surface area contributed by atoms with Gasteiger partial charge < -0.3 is 25.4 Å². The van der Waals surface area contributed by atoms with Gasteiger partial charge in [-0.3, -0.25) is 9.59 Å². The molecule has 4 N–H and O–H groups in total. The van der Waals surface area contributed by atoms with E-state index < -0.39 is 30.2 Å². The quantitative estimate of drug-likeness (QED) is 0.431. The van der Waals surface area contributed by atoms with E-state index in [1.54, 1.807) is 6.92 Å². The molecule has 2 aliphatic rings. The molecule has 1 aromatic rings. The fraction of sp³-hybridized carbons (Fsp3) is 0.720. The molecule has 2 saturated heterocycles. The van der Waals surface area contributed by atoms with Crippen molar-refractivity contribution in [1.82, 2.24) is 4.98 Å². The number of cyclic esters (lactones) is 1. The molecule has 0 spiro atoms. The van der Waals surface area contributed by atoms with Crippen LogP contribution in [0.25, 0.3) is 6.08 Å². The number of carbonyl (C=O) groups excluding carboxylic acids is 2. The highest BCUT2D eigenvalue weighted by Crippen LogP contribution is 2.44. The summed E-state index contributed by atoms with van der Waals surface area (Å²) in [5.74, 6) is -1.49. The summed E-state index contributed by atoms with van der Waals surface area (Å²) < 4.78 is 11.8. The van der Waals surface area contributed by atoms with Crippen molar-refractivity contribution >= 4 is 29.2 Å². The number of hydrogen-bond donors (Lipinski definition) is 3. The van der Waals surface area contributed by atoms with E-state index in [0.29, 0.717) is 13.0 Å². The summed E-state index contributed by atoms with van der Waals surface area (Å²) in [6.07, 6.45) is 1.84. The second-order valence-electron chi connectivity index (χ2n) is 10.1. The number of ether oxygens (including phenoxy) is 2. The molecule has 7 atom stereocenters. The van der Waals surface area contributed by atoms with Crippen molar-refractivity contribution in [3.63, 3.8) is 0 Å². The maximum Gasteiger partial charge on any atom is 0.309 e. The van der Waals surface area contributed by atoms with Crippen LogP contribution < -0.4 is 5.73 Å². The van der Waals surface area contributed by atoms with Crippen molar-refractivity contribution in [1.29, 1.82) is 0 Å². The molecule has 2 aliphatic heterocycles. The van der Waals surface area contributed by atoms with Crippen LogP contribution in [0.3, 0.4) is 0 Å². The Balaban J connectivity index is 1.78. The summed E-state index contributed by atoms with van der Waals surface area (Å²) in [4.78, 5) is 29.7. The first-order chi connectivity index (χ1) is 16.0. The van der Waals surface area contributed by atoms with Crippen LogP contribution in [0.4, 0.5) is 0 Å². The molecule has 0 radical (unpaired) electrons. The molecule has 3 heterocycles. The van der Waals surface area contributed by atoms with Crippen molar-refractivity contribution in [2.45, 2.75) is 103 Å². The highest BCUT2D eigenvalue weighted by molar-refractivity contribution is 7.09. The molecule has 0 aromatic carbocycles. The number of hydrogen-bond acceptors (Lipinski definition) is 9. The van der Waals surface area contributed by atoms with Crippen molar-refractivity contribution in [3.05, 3.63) is 21.7 Å². The monoisotopic (exact) mass is 494 g/mol. The van der Waals surface area contributed by atoms with E-state index in [9.17, 15) is 19.8 Å². The summed E-state index contributed by atoms with van der Waals surface area (Å²) in [5.41, 5.74) is 6.95. The van der Waals surface area contributed by atoms with Gasteiger partial charge in [-0.15, -0.1) is 11.3 Å². The lowest BCUT2D eigenvalue weighted by Crippen LogP contribution is -2.34. The number of Topliss-reactive ketones (excluding diaryl/α,β-unsaturated/α-hetero) is 1. The molecule has 2 fully saturated rings. The zero-order valence-electron chi connectivity index (χ0n) is 20.5. The molecule has 1 aromatic heterocycles. The Kier molecular flexibility index (Phi) is 9.03. The molecule has 0 saturated carbocycles. The molecule has 0 aliphatic carbocycles. The molecule has 9 heteroatoms. The highest BCUT2D eigenvalue weighted by atomic mass is 32.1. The SMILES string of the molecule is C/C(=C\c1csc(CN)n1)[C@@H]1C[C@@H]2O[C@]2(C)CCCC(C)[C@H](O)C(C)C(=O)CC(O)CC(=O)O1. The lowest BCUT2D eigenvalue weighted by Gasteiger charge is -2.25. The number of rotatable bonds is 3. The number of esters is 1. The molecular formula is C25H38N2O6S. The average molecular weight is 495 g/mol. The van der Waals surface area contributed by atoms with E-state index in [1.807, 2.05) is 25.3 Å². The summed E-state index contributed by atoms with van der Waals surface area (Å²) in [6, 6.07) is 0. The van der Waals surface area contributed by atoms with Gasteiger partial charge in [0.2, 0.25) is 0 Å². The standard InChI is InChI=1S/C25H38N2O6S/c1-14-6-5-7-25(4)21(33-25)11-20(15(2)8-17-13-34-22(12-26)27-17)32-23(30)10-18(28)9-19(29)16(3)24(14)31/h8,13-14,16,18,20-21,24,28,31H,5-7,9-12,26H2,1-4H3/b15-8+/t14?,16?,18?,20-,21-,24-,25+/m0/s1. The third-order valence-electron chi connectivity index (χ3n) is 7.14. The number of aliphatic hydroxyl groups is 2. The number of nitrogens with two attached hydrogens (primary N) is 1. The van der Waals surface area contributed by atoms with Crippen LogP contribution in [0, 0.1) is 11.8 Å². The first kappa shape index (κ1) is 26.9. The summed E-state index contributed by atoms with van der Waals surface area (Å²) >= 11 is 1.48. The van der Waals surface area contributed by atoms with Gasteiger partial charge >= 0.3 is 5.97 Å². The molecular weight excluding hydrogens is 456 g/mol. The summed E-state index contributed by atoms with van der Waals surface area (Å²) in [6.45, 7) is 7.94. The number of ketones is 1. The molecule has 0 amide bonds. The Morgan fingerprint density at radius 3 is 2.74 bits per heavy atom. The molecule has 190 valence electrons. The van der Waals surface area contributed by atoms with Gasteiger partial charge in [0.1, 0.15) is 16.9 Å². The number of carbonyl (C=O) groups is 2. The van der Waals surface area contributed by atoms with Crippen LogP contribution >= 0.6 is 11.3 Å². The number of fused-ring (bicyclic) bond motifs is 1. The number of nitrogens with zero attached hydrogens (tertiary/aromatic N) is 1. The number of thiazole rings is 1. The Labute approximate surface area is 205 Å². The lowest BCUT2D eigenvalue weighted by atomic mass is 9.84. The van der Waals surface area contributed by atoms with E-state index >= 15 is 0 Å². The van der Waals surface area contributed by atoms with Crippen LogP contribution in [0.1, 0.15) is 76.9 Å². The second-order valence-corrected chi connectivity index (χ2v) is 11.0. The molecule has 3 unspecified atom stereocenters. The highest BCUT2D eigenvalue weighted by Gasteiger charge is 2.52. The van der Waals surface area contributed by atoms with E-state index in [4.69, 9.17) is 15.2 Å². The Bertz CT molecular complexity index is 902. The van der Waals surface area contributed by atoms with Gasteiger partial charge in [-0.05, 0) is 44.3 Å². The van der Waals surface area contributed by atoms with Crippen LogP contribution in [-0.4, -0.2) is 57.0 Å². The minimum Gasteiger partial charge on any atom is -0.458 e. The zero-order chi connectivity index (χ0) is 25.0.